The molecule has 2 bridgehead atoms. The first-order valence-electron chi connectivity index (χ1n) is 13.1. The highest BCUT2D eigenvalue weighted by molar-refractivity contribution is 5.76. The normalized spacial score (nSPS) is 33.3. The summed E-state index contributed by atoms with van der Waals surface area (Å²) >= 11 is 0. The number of rotatable bonds is 4. The molecule has 7 rings (SSSR count). The zero-order valence-corrected chi connectivity index (χ0v) is 19.8. The maximum absolute atomic E-state index is 14.0. The summed E-state index contributed by atoms with van der Waals surface area (Å²) in [6.07, 6.45) is 9.09. The number of hydrogen-bond donors (Lipinski definition) is 1. The smallest absolute Gasteiger partial charge is 0.125 e. The summed E-state index contributed by atoms with van der Waals surface area (Å²) in [5, 5.41) is 3.55. The van der Waals surface area contributed by atoms with Crippen molar-refractivity contribution in [1.82, 2.24) is 19.8 Å². The Bertz CT molecular complexity index is 965. The molecule has 3 heterocycles. The molecule has 1 aromatic heterocycles. The number of benzene rings is 1. The fourth-order valence-electron chi connectivity index (χ4n) is 7.71. The molecule has 3 saturated carbocycles. The highest BCUT2D eigenvalue weighted by Gasteiger charge is 2.54. The van der Waals surface area contributed by atoms with Gasteiger partial charge in [0.15, 0.2) is 0 Å². The van der Waals surface area contributed by atoms with E-state index in [1.165, 1.54) is 70.4 Å². The molecule has 0 spiro atoms. The van der Waals surface area contributed by atoms with Crippen molar-refractivity contribution < 1.29 is 4.39 Å². The summed E-state index contributed by atoms with van der Waals surface area (Å²) in [5.41, 5.74) is 2.53. The number of piperidine rings is 2. The van der Waals surface area contributed by atoms with Crippen LogP contribution in [0.3, 0.4) is 0 Å². The van der Waals surface area contributed by atoms with E-state index in [9.17, 15) is 4.39 Å². The predicted molar refractivity (Wildman–Crippen MR) is 127 cm³/mol. The zero-order chi connectivity index (χ0) is 21.9. The first-order chi connectivity index (χ1) is 15.5. The number of nitrogens with one attached hydrogen (secondary N) is 1. The quantitative estimate of drug-likeness (QED) is 0.698. The van der Waals surface area contributed by atoms with Crippen LogP contribution in [0.15, 0.2) is 18.2 Å². The van der Waals surface area contributed by atoms with E-state index < -0.39 is 0 Å². The SMILES string of the molecule is CC1(C)[C@H]2CC[C@@H](CN3CCC(n4c([C@@H]5CCCNC5)nc5cc(F)ccc54)CC3)[C@H]1C2. The average Bonchev–Trinajstić information content (AvgIpc) is 3.18. The van der Waals surface area contributed by atoms with E-state index in [1.807, 2.05) is 6.07 Å². The highest BCUT2D eigenvalue weighted by atomic mass is 19.1. The highest BCUT2D eigenvalue weighted by Crippen LogP contribution is 2.61. The van der Waals surface area contributed by atoms with Crippen LogP contribution in [0.5, 0.6) is 0 Å². The second-order valence-electron chi connectivity index (χ2n) is 11.7. The largest absolute Gasteiger partial charge is 0.324 e. The summed E-state index contributed by atoms with van der Waals surface area (Å²) in [6, 6.07) is 5.67. The lowest BCUT2D eigenvalue weighted by Gasteiger charge is -2.61. The third-order valence-electron chi connectivity index (χ3n) is 9.76. The van der Waals surface area contributed by atoms with Crippen LogP contribution in [0, 0.1) is 29.0 Å². The monoisotopic (exact) mass is 438 g/mol. The molecule has 4 nitrogen and oxygen atoms in total. The average molecular weight is 439 g/mol. The number of likely N-dealkylation sites (tertiary alicyclic amines) is 1. The molecular formula is C27H39FN4. The summed E-state index contributed by atoms with van der Waals surface area (Å²) in [6.45, 7) is 10.8. The zero-order valence-electron chi connectivity index (χ0n) is 19.8. The van der Waals surface area contributed by atoms with Gasteiger partial charge in [0.05, 0.1) is 11.0 Å². The number of hydrogen-bond acceptors (Lipinski definition) is 3. The van der Waals surface area contributed by atoms with Crippen molar-refractivity contribution >= 4 is 11.0 Å². The lowest BCUT2D eigenvalue weighted by Crippen LogP contribution is -2.55. The van der Waals surface area contributed by atoms with E-state index in [0.717, 1.165) is 41.9 Å². The summed E-state index contributed by atoms with van der Waals surface area (Å²) in [5.74, 6) is 4.27. The maximum Gasteiger partial charge on any atom is 0.125 e. The van der Waals surface area contributed by atoms with Crippen molar-refractivity contribution in [2.24, 2.45) is 23.2 Å². The minimum Gasteiger partial charge on any atom is -0.324 e. The first-order valence-corrected chi connectivity index (χ1v) is 13.1. The molecule has 5 heteroatoms. The Labute approximate surface area is 192 Å². The van der Waals surface area contributed by atoms with E-state index in [1.54, 1.807) is 12.1 Å². The summed E-state index contributed by atoms with van der Waals surface area (Å²) in [7, 11) is 0. The number of halogens is 1. The third kappa shape index (κ3) is 3.51. The molecule has 1 N–H and O–H groups in total. The van der Waals surface area contributed by atoms with Gasteiger partial charge in [-0.15, -0.1) is 0 Å². The van der Waals surface area contributed by atoms with Gasteiger partial charge in [-0.2, -0.15) is 0 Å². The molecule has 0 unspecified atom stereocenters. The van der Waals surface area contributed by atoms with Gasteiger partial charge in [-0.25, -0.2) is 9.37 Å². The van der Waals surface area contributed by atoms with Crippen molar-refractivity contribution in [1.29, 1.82) is 0 Å². The molecule has 32 heavy (non-hydrogen) atoms. The molecule has 5 fully saturated rings. The molecule has 2 saturated heterocycles. The summed E-state index contributed by atoms with van der Waals surface area (Å²) < 4.78 is 16.5. The van der Waals surface area contributed by atoms with Gasteiger partial charge in [-0.1, -0.05) is 13.8 Å². The van der Waals surface area contributed by atoms with Gasteiger partial charge in [0.25, 0.3) is 0 Å². The predicted octanol–water partition coefficient (Wildman–Crippen LogP) is 5.35. The van der Waals surface area contributed by atoms with E-state index in [4.69, 9.17) is 4.98 Å². The number of fused-ring (bicyclic) bond motifs is 3. The Balaban J connectivity index is 1.19. The van der Waals surface area contributed by atoms with Crippen LogP contribution >= 0.6 is 0 Å². The fraction of sp³-hybridized carbons (Fsp3) is 0.741. The standard InChI is InChI=1S/C27H39FN4/c1-27(2)20-6-5-19(23(27)14-20)17-31-12-9-22(10-13-31)32-25-8-7-21(28)15-24(25)30-26(32)18-4-3-11-29-16-18/h7-8,15,18-20,22-23,29H,3-6,9-14,16-17H2,1-2H3/t18-,19+,20+,23-/m1/s1. The second kappa shape index (κ2) is 8.09. The van der Waals surface area contributed by atoms with Crippen LogP contribution in [0.4, 0.5) is 4.39 Å². The number of nitrogens with zero attached hydrogens (tertiary/aromatic N) is 3. The van der Waals surface area contributed by atoms with E-state index >= 15 is 0 Å². The van der Waals surface area contributed by atoms with Crippen LogP contribution in [0.1, 0.15) is 76.6 Å². The Morgan fingerprint density at radius 2 is 1.97 bits per heavy atom. The molecule has 2 aromatic rings. The van der Waals surface area contributed by atoms with Gasteiger partial charge in [0.2, 0.25) is 0 Å². The minimum absolute atomic E-state index is 0.182. The van der Waals surface area contributed by atoms with Gasteiger partial charge in [0.1, 0.15) is 11.6 Å². The van der Waals surface area contributed by atoms with Gasteiger partial charge >= 0.3 is 0 Å². The van der Waals surface area contributed by atoms with Crippen LogP contribution in [-0.4, -0.2) is 47.2 Å². The molecule has 0 radical (unpaired) electrons. The Morgan fingerprint density at radius 1 is 1.12 bits per heavy atom. The maximum atomic E-state index is 14.0. The summed E-state index contributed by atoms with van der Waals surface area (Å²) in [4.78, 5) is 7.73. The second-order valence-corrected chi connectivity index (χ2v) is 11.7. The third-order valence-corrected chi connectivity index (χ3v) is 9.76. The van der Waals surface area contributed by atoms with E-state index in [-0.39, 0.29) is 5.82 Å². The molecule has 2 aliphatic heterocycles. The fourth-order valence-corrected chi connectivity index (χ4v) is 7.71. The molecule has 4 atom stereocenters. The van der Waals surface area contributed by atoms with E-state index in [0.29, 0.717) is 17.4 Å². The Hall–Kier alpha value is -1.46. The molecule has 174 valence electrons. The lowest BCUT2D eigenvalue weighted by molar-refractivity contribution is -0.112. The van der Waals surface area contributed by atoms with Gasteiger partial charge in [-0.3, -0.25) is 0 Å². The molecule has 1 aromatic carbocycles. The van der Waals surface area contributed by atoms with Crippen molar-refractivity contribution in [2.45, 2.75) is 70.8 Å². The van der Waals surface area contributed by atoms with Crippen molar-refractivity contribution in [3.05, 3.63) is 29.8 Å². The first kappa shape index (κ1) is 21.1. The molecule has 5 aliphatic rings. The Morgan fingerprint density at radius 3 is 2.69 bits per heavy atom. The van der Waals surface area contributed by atoms with Gasteiger partial charge in [0, 0.05) is 44.2 Å². The molecule has 3 aliphatic carbocycles. The molecule has 0 amide bonds. The van der Waals surface area contributed by atoms with Gasteiger partial charge in [-0.05, 0) is 86.8 Å². The molecular weight excluding hydrogens is 399 g/mol. The minimum atomic E-state index is -0.182. The van der Waals surface area contributed by atoms with Crippen LogP contribution < -0.4 is 5.32 Å². The van der Waals surface area contributed by atoms with Gasteiger partial charge < -0.3 is 14.8 Å². The lowest BCUT2D eigenvalue weighted by atomic mass is 9.45. The van der Waals surface area contributed by atoms with Crippen LogP contribution in [0.2, 0.25) is 0 Å². The van der Waals surface area contributed by atoms with Crippen molar-refractivity contribution in [3.63, 3.8) is 0 Å². The Kier molecular flexibility index (Phi) is 5.33. The number of imidazole rings is 1. The van der Waals surface area contributed by atoms with Crippen molar-refractivity contribution in [3.8, 4) is 0 Å². The van der Waals surface area contributed by atoms with Crippen molar-refractivity contribution in [2.75, 3.05) is 32.7 Å². The van der Waals surface area contributed by atoms with E-state index in [2.05, 4.69) is 28.6 Å². The topological polar surface area (TPSA) is 33.1 Å². The van der Waals surface area contributed by atoms with Crippen LogP contribution in [0.25, 0.3) is 11.0 Å². The number of aromatic nitrogens is 2. The van der Waals surface area contributed by atoms with Crippen LogP contribution in [-0.2, 0) is 0 Å².